The van der Waals surface area contributed by atoms with Gasteiger partial charge in [-0.1, -0.05) is 6.07 Å². The smallest absolute Gasteiger partial charge is 0.293 e. The Labute approximate surface area is 109 Å². The monoisotopic (exact) mass is 261 g/mol. The van der Waals surface area contributed by atoms with E-state index in [0.29, 0.717) is 6.54 Å². The zero-order valence-electron chi connectivity index (χ0n) is 9.42. The molecule has 92 valence electrons. The minimum Gasteiger partial charge on any atom is -0.459 e. The van der Waals surface area contributed by atoms with Crippen LogP contribution in [0.3, 0.4) is 0 Å². The van der Waals surface area contributed by atoms with Gasteiger partial charge in [0, 0.05) is 18.9 Å². The van der Waals surface area contributed by atoms with Gasteiger partial charge in [-0.25, -0.2) is 0 Å². The van der Waals surface area contributed by atoms with Crippen molar-refractivity contribution in [3.8, 4) is 0 Å². The zero-order chi connectivity index (χ0) is 12.8. The fourth-order valence-corrected chi connectivity index (χ4v) is 1.47. The van der Waals surface area contributed by atoms with Crippen LogP contribution >= 0.6 is 12.2 Å². The van der Waals surface area contributed by atoms with Crippen molar-refractivity contribution in [1.82, 2.24) is 15.6 Å². The molecule has 0 atom stereocenters. The Balaban J connectivity index is 1.81. The van der Waals surface area contributed by atoms with E-state index in [9.17, 15) is 4.79 Å². The Kier molecular flexibility index (Phi) is 4.03. The molecule has 0 fully saturated rings. The lowest BCUT2D eigenvalue weighted by Gasteiger charge is -2.08. The lowest BCUT2D eigenvalue weighted by molar-refractivity contribution is 0.0949. The van der Waals surface area contributed by atoms with Crippen molar-refractivity contribution in [3.63, 3.8) is 0 Å². The molecule has 0 bridgehead atoms. The van der Waals surface area contributed by atoms with Gasteiger partial charge in [0.1, 0.15) is 0 Å². The van der Waals surface area contributed by atoms with Crippen molar-refractivity contribution in [3.05, 3.63) is 54.2 Å². The van der Waals surface area contributed by atoms with Crippen LogP contribution in [-0.4, -0.2) is 16.0 Å². The molecule has 0 saturated heterocycles. The Bertz CT molecular complexity index is 526. The molecule has 0 aliphatic carbocycles. The first-order valence-electron chi connectivity index (χ1n) is 5.27. The number of nitrogens with zero attached hydrogens (tertiary/aromatic N) is 1. The second kappa shape index (κ2) is 5.92. The van der Waals surface area contributed by atoms with Crippen LogP contribution in [0.4, 0.5) is 0 Å². The number of pyridine rings is 1. The molecule has 2 N–H and O–H groups in total. The van der Waals surface area contributed by atoms with E-state index in [-0.39, 0.29) is 16.8 Å². The lowest BCUT2D eigenvalue weighted by Crippen LogP contribution is -2.38. The molecule has 0 saturated carbocycles. The largest absolute Gasteiger partial charge is 0.459 e. The van der Waals surface area contributed by atoms with Gasteiger partial charge in [-0.05, 0) is 36.0 Å². The first kappa shape index (κ1) is 12.3. The molecule has 2 heterocycles. The SMILES string of the molecule is O=C(NC(=S)NCc1cccnc1)c1ccco1. The maximum Gasteiger partial charge on any atom is 0.293 e. The molecule has 2 aromatic rings. The van der Waals surface area contributed by atoms with Gasteiger partial charge in [0.2, 0.25) is 0 Å². The summed E-state index contributed by atoms with van der Waals surface area (Å²) in [5, 5.41) is 5.68. The van der Waals surface area contributed by atoms with E-state index in [2.05, 4.69) is 15.6 Å². The summed E-state index contributed by atoms with van der Waals surface area (Å²) in [6.07, 6.45) is 4.85. The third-order valence-corrected chi connectivity index (χ3v) is 2.39. The molecule has 0 spiro atoms. The second-order valence-electron chi connectivity index (χ2n) is 3.48. The zero-order valence-corrected chi connectivity index (χ0v) is 10.2. The summed E-state index contributed by atoms with van der Waals surface area (Å²) in [4.78, 5) is 15.6. The van der Waals surface area contributed by atoms with E-state index in [1.807, 2.05) is 12.1 Å². The molecule has 2 aromatic heterocycles. The number of amides is 1. The van der Waals surface area contributed by atoms with Crippen LogP contribution in [0.5, 0.6) is 0 Å². The molecule has 0 aromatic carbocycles. The number of thiocarbonyl (C=S) groups is 1. The van der Waals surface area contributed by atoms with Crippen molar-refractivity contribution in [2.75, 3.05) is 0 Å². The quantitative estimate of drug-likeness (QED) is 0.819. The van der Waals surface area contributed by atoms with Gasteiger partial charge in [-0.2, -0.15) is 0 Å². The Morgan fingerprint density at radius 1 is 1.39 bits per heavy atom. The van der Waals surface area contributed by atoms with E-state index in [1.54, 1.807) is 24.5 Å². The van der Waals surface area contributed by atoms with Crippen LogP contribution < -0.4 is 10.6 Å². The normalized spacial score (nSPS) is 9.78. The molecule has 18 heavy (non-hydrogen) atoms. The number of hydrogen-bond acceptors (Lipinski definition) is 4. The predicted octanol–water partition coefficient (Wildman–Crippen LogP) is 1.48. The molecule has 5 nitrogen and oxygen atoms in total. The highest BCUT2D eigenvalue weighted by atomic mass is 32.1. The number of nitrogens with one attached hydrogen (secondary N) is 2. The number of hydrogen-bond donors (Lipinski definition) is 2. The average Bonchev–Trinajstić information content (AvgIpc) is 2.91. The first-order chi connectivity index (χ1) is 8.75. The molecule has 2 rings (SSSR count). The van der Waals surface area contributed by atoms with Crippen molar-refractivity contribution < 1.29 is 9.21 Å². The highest BCUT2D eigenvalue weighted by Gasteiger charge is 2.09. The lowest BCUT2D eigenvalue weighted by atomic mass is 10.3. The van der Waals surface area contributed by atoms with Crippen LogP contribution in [0.2, 0.25) is 0 Å². The second-order valence-corrected chi connectivity index (χ2v) is 3.88. The summed E-state index contributed by atoms with van der Waals surface area (Å²) in [5.41, 5.74) is 0.979. The molecule has 0 radical (unpaired) electrons. The standard InChI is InChI=1S/C12H11N3O2S/c16-11(10-4-2-6-17-10)15-12(18)14-8-9-3-1-5-13-7-9/h1-7H,8H2,(H2,14,15,16,18). The number of rotatable bonds is 3. The van der Waals surface area contributed by atoms with Crippen LogP contribution in [0.1, 0.15) is 16.1 Å². The minimum absolute atomic E-state index is 0.223. The fraction of sp³-hybridized carbons (Fsp3) is 0.0833. The molecule has 0 aliphatic rings. The Hall–Kier alpha value is -2.21. The van der Waals surface area contributed by atoms with Crippen LogP contribution in [-0.2, 0) is 6.54 Å². The van der Waals surface area contributed by atoms with E-state index in [4.69, 9.17) is 16.6 Å². The van der Waals surface area contributed by atoms with E-state index in [1.165, 1.54) is 6.26 Å². The third-order valence-electron chi connectivity index (χ3n) is 2.15. The highest BCUT2D eigenvalue weighted by Crippen LogP contribution is 1.99. The summed E-state index contributed by atoms with van der Waals surface area (Å²) >= 11 is 5.00. The maximum atomic E-state index is 11.6. The number of furan rings is 1. The van der Waals surface area contributed by atoms with Gasteiger partial charge < -0.3 is 9.73 Å². The van der Waals surface area contributed by atoms with Gasteiger partial charge in [0.25, 0.3) is 5.91 Å². The molecular formula is C12H11N3O2S. The van der Waals surface area contributed by atoms with E-state index >= 15 is 0 Å². The van der Waals surface area contributed by atoms with Gasteiger partial charge in [0.15, 0.2) is 10.9 Å². The summed E-state index contributed by atoms with van der Waals surface area (Å²) in [6.45, 7) is 0.505. The topological polar surface area (TPSA) is 67.2 Å². The fourth-order valence-electron chi connectivity index (χ4n) is 1.30. The average molecular weight is 261 g/mol. The highest BCUT2D eigenvalue weighted by molar-refractivity contribution is 7.80. The van der Waals surface area contributed by atoms with Gasteiger partial charge in [-0.15, -0.1) is 0 Å². The van der Waals surface area contributed by atoms with Crippen molar-refractivity contribution in [2.45, 2.75) is 6.54 Å². The van der Waals surface area contributed by atoms with Gasteiger partial charge in [-0.3, -0.25) is 15.1 Å². The van der Waals surface area contributed by atoms with Gasteiger partial charge in [0.05, 0.1) is 6.26 Å². The summed E-state index contributed by atoms with van der Waals surface area (Å²) in [6, 6.07) is 6.96. The van der Waals surface area contributed by atoms with Crippen molar-refractivity contribution >= 4 is 23.2 Å². The maximum absolute atomic E-state index is 11.6. The number of carbonyl (C=O) groups is 1. The predicted molar refractivity (Wildman–Crippen MR) is 69.8 cm³/mol. The number of aromatic nitrogens is 1. The molecule has 6 heteroatoms. The van der Waals surface area contributed by atoms with Crippen molar-refractivity contribution in [1.29, 1.82) is 0 Å². The van der Waals surface area contributed by atoms with Crippen LogP contribution in [0.25, 0.3) is 0 Å². The first-order valence-corrected chi connectivity index (χ1v) is 5.68. The Morgan fingerprint density at radius 3 is 2.94 bits per heavy atom. The van der Waals surface area contributed by atoms with Crippen LogP contribution in [0, 0.1) is 0 Å². The number of carbonyl (C=O) groups excluding carboxylic acids is 1. The van der Waals surface area contributed by atoms with E-state index in [0.717, 1.165) is 5.56 Å². The summed E-state index contributed by atoms with van der Waals surface area (Å²) in [5.74, 6) is -0.149. The minimum atomic E-state index is -0.372. The third kappa shape index (κ3) is 3.39. The molecular weight excluding hydrogens is 250 g/mol. The van der Waals surface area contributed by atoms with Crippen molar-refractivity contribution in [2.24, 2.45) is 0 Å². The summed E-state index contributed by atoms with van der Waals surface area (Å²) < 4.78 is 4.95. The molecule has 0 aliphatic heterocycles. The van der Waals surface area contributed by atoms with E-state index < -0.39 is 0 Å². The summed E-state index contributed by atoms with van der Waals surface area (Å²) in [7, 11) is 0. The van der Waals surface area contributed by atoms with Crippen LogP contribution in [0.15, 0.2) is 47.3 Å². The molecule has 0 unspecified atom stereocenters. The Morgan fingerprint density at radius 2 is 2.28 bits per heavy atom. The van der Waals surface area contributed by atoms with Gasteiger partial charge >= 0.3 is 0 Å². The molecule has 1 amide bonds.